The van der Waals surface area contributed by atoms with Gasteiger partial charge in [-0.1, -0.05) is 23.7 Å². The number of aliphatic hydroxyl groups is 1. The Labute approximate surface area is 124 Å². The van der Waals surface area contributed by atoms with Crippen molar-refractivity contribution in [2.45, 2.75) is 25.4 Å². The maximum Gasteiger partial charge on any atom is 0.282 e. The van der Waals surface area contributed by atoms with Crippen LogP contribution in [0.1, 0.15) is 18.4 Å². The number of aliphatic hydroxyl groups excluding tert-OH is 1. The van der Waals surface area contributed by atoms with Crippen molar-refractivity contribution >= 4 is 21.8 Å². The van der Waals surface area contributed by atoms with E-state index in [9.17, 15) is 8.42 Å². The average molecular weight is 319 g/mol. The van der Waals surface area contributed by atoms with Gasteiger partial charge in [0, 0.05) is 31.2 Å². The van der Waals surface area contributed by atoms with E-state index in [1.807, 2.05) is 12.1 Å². The molecule has 1 aromatic carbocycles. The molecule has 0 aliphatic heterocycles. The van der Waals surface area contributed by atoms with Crippen LogP contribution >= 0.6 is 11.6 Å². The molecule has 1 saturated carbocycles. The molecule has 1 fully saturated rings. The van der Waals surface area contributed by atoms with Crippen molar-refractivity contribution in [1.82, 2.24) is 8.61 Å². The smallest absolute Gasteiger partial charge is 0.282 e. The molecule has 1 aliphatic rings. The summed E-state index contributed by atoms with van der Waals surface area (Å²) in [6.45, 7) is 0.274. The summed E-state index contributed by atoms with van der Waals surface area (Å²) in [5, 5.41) is 9.66. The fourth-order valence-corrected chi connectivity index (χ4v) is 3.75. The van der Waals surface area contributed by atoms with Crippen LogP contribution < -0.4 is 0 Å². The van der Waals surface area contributed by atoms with E-state index < -0.39 is 10.2 Å². The summed E-state index contributed by atoms with van der Waals surface area (Å²) in [6.07, 6.45) is 1.74. The van der Waals surface area contributed by atoms with Gasteiger partial charge in [-0.05, 0) is 30.5 Å². The van der Waals surface area contributed by atoms with Gasteiger partial charge in [0.25, 0.3) is 10.2 Å². The quantitative estimate of drug-likeness (QED) is 0.828. The molecule has 0 saturated heterocycles. The molecule has 7 heteroatoms. The second kappa shape index (κ2) is 6.41. The van der Waals surface area contributed by atoms with E-state index in [4.69, 9.17) is 16.7 Å². The molecule has 1 N–H and O–H groups in total. The fourth-order valence-electron chi connectivity index (χ4n) is 2.05. The molecule has 0 heterocycles. The first kappa shape index (κ1) is 15.7. The second-order valence-electron chi connectivity index (χ2n) is 4.96. The van der Waals surface area contributed by atoms with Crippen molar-refractivity contribution in [2.75, 3.05) is 20.2 Å². The number of hydrogen-bond donors (Lipinski definition) is 1. The number of hydrogen-bond acceptors (Lipinski definition) is 3. The highest BCUT2D eigenvalue weighted by molar-refractivity contribution is 7.86. The first-order valence-corrected chi connectivity index (χ1v) is 8.31. The third-order valence-electron chi connectivity index (χ3n) is 3.28. The van der Waals surface area contributed by atoms with Gasteiger partial charge in [0.1, 0.15) is 0 Å². The van der Waals surface area contributed by atoms with Crippen LogP contribution in [0.4, 0.5) is 0 Å². The van der Waals surface area contributed by atoms with E-state index in [0.29, 0.717) is 5.02 Å². The van der Waals surface area contributed by atoms with Crippen LogP contribution in [0.15, 0.2) is 24.3 Å². The molecule has 0 atom stereocenters. The maximum absolute atomic E-state index is 12.5. The van der Waals surface area contributed by atoms with Crippen LogP contribution in [0.3, 0.4) is 0 Å². The summed E-state index contributed by atoms with van der Waals surface area (Å²) in [5.41, 5.74) is 0.875. The van der Waals surface area contributed by atoms with E-state index in [1.165, 1.54) is 8.61 Å². The first-order valence-electron chi connectivity index (χ1n) is 6.53. The highest BCUT2D eigenvalue weighted by Crippen LogP contribution is 2.30. The molecule has 0 aromatic heterocycles. The molecule has 112 valence electrons. The standard InChI is InChI=1S/C13H19ClN2O3S/c1-15(10-11-2-4-12(14)5-3-11)20(18,19)16(8-9-17)13-6-7-13/h2-5,13,17H,6-10H2,1H3. The van der Waals surface area contributed by atoms with E-state index in [0.717, 1.165) is 18.4 Å². The van der Waals surface area contributed by atoms with Crippen LogP contribution in [-0.4, -0.2) is 48.4 Å². The van der Waals surface area contributed by atoms with E-state index in [2.05, 4.69) is 0 Å². The molecule has 1 aliphatic carbocycles. The van der Waals surface area contributed by atoms with Crippen LogP contribution in [-0.2, 0) is 16.8 Å². The average Bonchev–Trinajstić information content (AvgIpc) is 3.22. The summed E-state index contributed by atoms with van der Waals surface area (Å²) < 4.78 is 27.7. The molecule has 20 heavy (non-hydrogen) atoms. The Bertz CT molecular complexity index is 543. The van der Waals surface area contributed by atoms with Crippen LogP contribution in [0.2, 0.25) is 5.02 Å². The molecule has 0 spiro atoms. The SMILES string of the molecule is CN(Cc1ccc(Cl)cc1)S(=O)(=O)N(CCO)C1CC1. The van der Waals surface area contributed by atoms with Crippen LogP contribution in [0.5, 0.6) is 0 Å². The number of benzene rings is 1. The molecule has 5 nitrogen and oxygen atoms in total. The minimum atomic E-state index is -3.53. The zero-order chi connectivity index (χ0) is 14.8. The zero-order valence-corrected chi connectivity index (χ0v) is 12.9. The van der Waals surface area contributed by atoms with E-state index in [1.54, 1.807) is 19.2 Å². The summed E-state index contributed by atoms with van der Waals surface area (Å²) in [6, 6.07) is 7.14. The van der Waals surface area contributed by atoms with Crippen molar-refractivity contribution in [3.63, 3.8) is 0 Å². The predicted molar refractivity (Wildman–Crippen MR) is 78.7 cm³/mol. The molecule has 0 bridgehead atoms. The van der Waals surface area contributed by atoms with Gasteiger partial charge < -0.3 is 5.11 Å². The lowest BCUT2D eigenvalue weighted by molar-refractivity contribution is 0.242. The van der Waals surface area contributed by atoms with Crippen molar-refractivity contribution in [3.8, 4) is 0 Å². The summed E-state index contributed by atoms with van der Waals surface area (Å²) >= 11 is 5.81. The summed E-state index contributed by atoms with van der Waals surface area (Å²) in [5.74, 6) is 0. The Kier molecular flexibility index (Phi) is 5.04. The van der Waals surface area contributed by atoms with Gasteiger partial charge in [0.05, 0.1) is 6.61 Å². The van der Waals surface area contributed by atoms with Crippen LogP contribution in [0, 0.1) is 0 Å². The molecule has 0 amide bonds. The molecular formula is C13H19ClN2O3S. The van der Waals surface area contributed by atoms with Gasteiger partial charge in [0.15, 0.2) is 0 Å². The second-order valence-corrected chi connectivity index (χ2v) is 7.38. The van der Waals surface area contributed by atoms with Crippen molar-refractivity contribution in [2.24, 2.45) is 0 Å². The molecule has 1 aromatic rings. The maximum atomic E-state index is 12.5. The Hall–Kier alpha value is -0.660. The minimum absolute atomic E-state index is 0.0415. The number of halogens is 1. The summed E-state index contributed by atoms with van der Waals surface area (Å²) in [4.78, 5) is 0. The van der Waals surface area contributed by atoms with Gasteiger partial charge in [0.2, 0.25) is 0 Å². The molecule has 0 unspecified atom stereocenters. The lowest BCUT2D eigenvalue weighted by Crippen LogP contribution is -2.44. The highest BCUT2D eigenvalue weighted by atomic mass is 35.5. The van der Waals surface area contributed by atoms with Crippen molar-refractivity contribution in [3.05, 3.63) is 34.9 Å². The van der Waals surface area contributed by atoms with Gasteiger partial charge in [-0.15, -0.1) is 0 Å². The van der Waals surface area contributed by atoms with Gasteiger partial charge in [-0.3, -0.25) is 0 Å². The number of rotatable bonds is 7. The monoisotopic (exact) mass is 318 g/mol. The highest BCUT2D eigenvalue weighted by Gasteiger charge is 2.38. The Morgan fingerprint density at radius 3 is 2.40 bits per heavy atom. The topological polar surface area (TPSA) is 60.9 Å². The Morgan fingerprint density at radius 1 is 1.30 bits per heavy atom. The molecular weight excluding hydrogens is 300 g/mol. The lowest BCUT2D eigenvalue weighted by atomic mass is 10.2. The van der Waals surface area contributed by atoms with Crippen molar-refractivity contribution < 1.29 is 13.5 Å². The fraction of sp³-hybridized carbons (Fsp3) is 0.538. The van der Waals surface area contributed by atoms with Gasteiger partial charge in [-0.25, -0.2) is 0 Å². The van der Waals surface area contributed by atoms with Gasteiger partial charge >= 0.3 is 0 Å². The summed E-state index contributed by atoms with van der Waals surface area (Å²) in [7, 11) is -1.98. The normalized spacial score (nSPS) is 16.1. The third kappa shape index (κ3) is 3.71. The van der Waals surface area contributed by atoms with Crippen LogP contribution in [0.25, 0.3) is 0 Å². The number of nitrogens with zero attached hydrogens (tertiary/aromatic N) is 2. The molecule has 0 radical (unpaired) electrons. The van der Waals surface area contributed by atoms with Gasteiger partial charge in [-0.2, -0.15) is 17.0 Å². The van der Waals surface area contributed by atoms with E-state index >= 15 is 0 Å². The van der Waals surface area contributed by atoms with Crippen molar-refractivity contribution in [1.29, 1.82) is 0 Å². The Balaban J connectivity index is 2.09. The largest absolute Gasteiger partial charge is 0.395 e. The lowest BCUT2D eigenvalue weighted by Gasteiger charge is -2.27. The minimum Gasteiger partial charge on any atom is -0.395 e. The Morgan fingerprint density at radius 2 is 1.90 bits per heavy atom. The predicted octanol–water partition coefficient (Wildman–Crippen LogP) is 1.47. The first-order chi connectivity index (χ1) is 9.45. The van der Waals surface area contributed by atoms with E-state index in [-0.39, 0.29) is 25.7 Å². The molecule has 2 rings (SSSR count). The zero-order valence-electron chi connectivity index (χ0n) is 11.4. The third-order valence-corrected chi connectivity index (χ3v) is 5.53.